The van der Waals surface area contributed by atoms with Crippen molar-refractivity contribution in [2.45, 2.75) is 40.2 Å². The molecule has 0 bridgehead atoms. The molecule has 0 spiro atoms. The smallest absolute Gasteiger partial charge is 0.228 e. The molecular formula is C9H19NO2. The summed E-state index contributed by atoms with van der Waals surface area (Å²) < 4.78 is 0. The van der Waals surface area contributed by atoms with Crippen LogP contribution in [0.2, 0.25) is 0 Å². The summed E-state index contributed by atoms with van der Waals surface area (Å²) in [4.78, 5) is 11.4. The van der Waals surface area contributed by atoms with E-state index in [-0.39, 0.29) is 18.1 Å². The number of aliphatic hydroxyl groups excluding tert-OH is 1. The Bertz CT molecular complexity index is 168. The van der Waals surface area contributed by atoms with E-state index < -0.39 is 5.41 Å². The number of amides is 1. The molecule has 0 atom stereocenters. The second-order valence-corrected chi connectivity index (χ2v) is 4.75. The van der Waals surface area contributed by atoms with Crippen molar-refractivity contribution >= 4 is 5.91 Å². The highest BCUT2D eigenvalue weighted by atomic mass is 16.3. The third-order valence-corrected chi connectivity index (χ3v) is 1.50. The summed E-state index contributed by atoms with van der Waals surface area (Å²) in [5.41, 5.74) is -0.920. The Hall–Kier alpha value is -0.570. The number of carbonyl (C=O) groups is 1. The van der Waals surface area contributed by atoms with Crippen molar-refractivity contribution in [1.29, 1.82) is 0 Å². The van der Waals surface area contributed by atoms with E-state index >= 15 is 0 Å². The number of rotatable bonds is 2. The minimum atomic E-state index is -0.687. The number of nitrogens with one attached hydrogen (secondary N) is 1. The van der Waals surface area contributed by atoms with Crippen LogP contribution < -0.4 is 5.32 Å². The highest BCUT2D eigenvalue weighted by Gasteiger charge is 2.29. The van der Waals surface area contributed by atoms with Crippen molar-refractivity contribution in [2.75, 3.05) is 6.61 Å². The molecule has 0 aliphatic heterocycles. The van der Waals surface area contributed by atoms with Gasteiger partial charge in [0, 0.05) is 5.54 Å². The summed E-state index contributed by atoms with van der Waals surface area (Å²) in [6.07, 6.45) is 0. The highest BCUT2D eigenvalue weighted by Crippen LogP contribution is 2.15. The van der Waals surface area contributed by atoms with Gasteiger partial charge in [0.15, 0.2) is 0 Å². The topological polar surface area (TPSA) is 49.3 Å². The first-order chi connectivity index (χ1) is 5.19. The summed E-state index contributed by atoms with van der Waals surface area (Å²) in [5, 5.41) is 11.7. The van der Waals surface area contributed by atoms with E-state index in [4.69, 9.17) is 5.11 Å². The Morgan fingerprint density at radius 3 is 1.92 bits per heavy atom. The Balaban J connectivity index is 4.23. The lowest BCUT2D eigenvalue weighted by Crippen LogP contribution is -2.48. The fraction of sp³-hybridized carbons (Fsp3) is 0.889. The van der Waals surface area contributed by atoms with E-state index in [1.165, 1.54) is 0 Å². The first-order valence-electron chi connectivity index (χ1n) is 4.12. The zero-order valence-corrected chi connectivity index (χ0v) is 8.56. The largest absolute Gasteiger partial charge is 0.395 e. The average molecular weight is 173 g/mol. The van der Waals surface area contributed by atoms with Gasteiger partial charge in [-0.1, -0.05) is 0 Å². The molecular weight excluding hydrogens is 154 g/mol. The van der Waals surface area contributed by atoms with Crippen LogP contribution in [0.3, 0.4) is 0 Å². The summed E-state index contributed by atoms with van der Waals surface area (Å²) >= 11 is 0. The molecule has 3 heteroatoms. The van der Waals surface area contributed by atoms with Crippen LogP contribution in [0.25, 0.3) is 0 Å². The summed E-state index contributed by atoms with van der Waals surface area (Å²) in [7, 11) is 0. The van der Waals surface area contributed by atoms with Crippen LogP contribution >= 0.6 is 0 Å². The second kappa shape index (κ2) is 3.44. The summed E-state index contributed by atoms with van der Waals surface area (Å²) in [5.74, 6) is -0.113. The van der Waals surface area contributed by atoms with Crippen LogP contribution in [-0.2, 0) is 4.79 Å². The van der Waals surface area contributed by atoms with Gasteiger partial charge in [0.2, 0.25) is 5.91 Å². The number of carbonyl (C=O) groups excluding carboxylic acids is 1. The molecule has 3 nitrogen and oxygen atoms in total. The molecule has 0 unspecified atom stereocenters. The van der Waals surface area contributed by atoms with E-state index in [2.05, 4.69) is 5.32 Å². The Morgan fingerprint density at radius 2 is 1.67 bits per heavy atom. The van der Waals surface area contributed by atoms with Crippen molar-refractivity contribution in [3.63, 3.8) is 0 Å². The second-order valence-electron chi connectivity index (χ2n) is 4.75. The molecule has 0 heterocycles. The molecule has 72 valence electrons. The maximum atomic E-state index is 11.4. The molecule has 0 aromatic heterocycles. The lowest BCUT2D eigenvalue weighted by Gasteiger charge is -2.27. The quantitative estimate of drug-likeness (QED) is 0.652. The Kier molecular flexibility index (Phi) is 3.27. The zero-order chi connectivity index (χ0) is 9.99. The van der Waals surface area contributed by atoms with Gasteiger partial charge in [-0.2, -0.15) is 0 Å². The Labute approximate surface area is 74.2 Å². The van der Waals surface area contributed by atoms with Crippen LogP contribution in [0.1, 0.15) is 34.6 Å². The van der Waals surface area contributed by atoms with Gasteiger partial charge in [-0.25, -0.2) is 0 Å². The standard InChI is InChI=1S/C9H19NO2/c1-8(2,3)10-7(12)9(4,5)6-11/h11H,6H2,1-5H3,(H,10,12). The van der Waals surface area contributed by atoms with Gasteiger partial charge in [-0.15, -0.1) is 0 Å². The molecule has 0 aliphatic carbocycles. The maximum absolute atomic E-state index is 11.4. The molecule has 0 aliphatic rings. The molecule has 0 saturated carbocycles. The number of aliphatic hydroxyl groups is 1. The molecule has 1 amide bonds. The molecule has 2 N–H and O–H groups in total. The molecule has 0 saturated heterocycles. The highest BCUT2D eigenvalue weighted by molar-refractivity contribution is 5.82. The van der Waals surface area contributed by atoms with E-state index in [9.17, 15) is 4.79 Å². The van der Waals surface area contributed by atoms with Gasteiger partial charge in [0.25, 0.3) is 0 Å². The minimum absolute atomic E-state index is 0.113. The van der Waals surface area contributed by atoms with Crippen LogP contribution in [0.15, 0.2) is 0 Å². The molecule has 0 fully saturated rings. The van der Waals surface area contributed by atoms with Gasteiger partial charge in [-0.3, -0.25) is 4.79 Å². The van der Waals surface area contributed by atoms with E-state index in [0.29, 0.717) is 0 Å². The normalized spacial score (nSPS) is 12.8. The van der Waals surface area contributed by atoms with Gasteiger partial charge >= 0.3 is 0 Å². The predicted octanol–water partition coefficient (Wildman–Crippen LogP) is 0.920. The third kappa shape index (κ3) is 3.72. The SMILES string of the molecule is CC(C)(C)NC(=O)C(C)(C)CO. The molecule has 0 aromatic rings. The van der Waals surface area contributed by atoms with Gasteiger partial charge in [0.05, 0.1) is 12.0 Å². The van der Waals surface area contributed by atoms with Crippen molar-refractivity contribution < 1.29 is 9.90 Å². The predicted molar refractivity (Wildman–Crippen MR) is 48.8 cm³/mol. The third-order valence-electron chi connectivity index (χ3n) is 1.50. The summed E-state index contributed by atoms with van der Waals surface area (Å²) in [6.45, 7) is 9.05. The van der Waals surface area contributed by atoms with Crippen LogP contribution in [0, 0.1) is 5.41 Å². The van der Waals surface area contributed by atoms with E-state index in [0.717, 1.165) is 0 Å². The lowest BCUT2D eigenvalue weighted by atomic mass is 9.92. The van der Waals surface area contributed by atoms with E-state index in [1.807, 2.05) is 20.8 Å². The lowest BCUT2D eigenvalue weighted by molar-refractivity contribution is -0.132. The fourth-order valence-electron chi connectivity index (χ4n) is 0.582. The van der Waals surface area contributed by atoms with Crippen molar-refractivity contribution in [2.24, 2.45) is 5.41 Å². The molecule has 12 heavy (non-hydrogen) atoms. The average Bonchev–Trinajstić information content (AvgIpc) is 1.84. The van der Waals surface area contributed by atoms with Crippen molar-refractivity contribution in [1.82, 2.24) is 5.32 Å². The zero-order valence-electron chi connectivity index (χ0n) is 8.56. The van der Waals surface area contributed by atoms with Crippen molar-refractivity contribution in [3.8, 4) is 0 Å². The number of hydrogen-bond acceptors (Lipinski definition) is 2. The molecule has 0 radical (unpaired) electrons. The van der Waals surface area contributed by atoms with Crippen LogP contribution in [0.4, 0.5) is 0 Å². The van der Waals surface area contributed by atoms with E-state index in [1.54, 1.807) is 13.8 Å². The monoisotopic (exact) mass is 173 g/mol. The van der Waals surface area contributed by atoms with Gasteiger partial charge in [0.1, 0.15) is 0 Å². The fourth-order valence-corrected chi connectivity index (χ4v) is 0.582. The Morgan fingerprint density at radius 1 is 1.25 bits per heavy atom. The maximum Gasteiger partial charge on any atom is 0.228 e. The molecule has 0 aromatic carbocycles. The van der Waals surface area contributed by atoms with Gasteiger partial charge in [-0.05, 0) is 34.6 Å². The minimum Gasteiger partial charge on any atom is -0.395 e. The summed E-state index contributed by atoms with van der Waals surface area (Å²) in [6, 6.07) is 0. The van der Waals surface area contributed by atoms with Gasteiger partial charge < -0.3 is 10.4 Å². The first-order valence-corrected chi connectivity index (χ1v) is 4.12. The van der Waals surface area contributed by atoms with Crippen LogP contribution in [-0.4, -0.2) is 23.2 Å². The molecule has 0 rings (SSSR count). The first kappa shape index (κ1) is 11.4. The van der Waals surface area contributed by atoms with Crippen LogP contribution in [0.5, 0.6) is 0 Å². The number of hydrogen-bond donors (Lipinski definition) is 2. The van der Waals surface area contributed by atoms with Crippen molar-refractivity contribution in [3.05, 3.63) is 0 Å².